The minimum atomic E-state index is -0.267. The summed E-state index contributed by atoms with van der Waals surface area (Å²) in [7, 11) is 0. The van der Waals surface area contributed by atoms with E-state index in [0.717, 1.165) is 10.2 Å². The quantitative estimate of drug-likeness (QED) is 0.892. The van der Waals surface area contributed by atoms with E-state index in [1.165, 1.54) is 6.20 Å². The van der Waals surface area contributed by atoms with Gasteiger partial charge in [-0.3, -0.25) is 4.79 Å². The molecule has 0 spiro atoms. The molecule has 2 rings (SSSR count). The van der Waals surface area contributed by atoms with Crippen LogP contribution in [0.1, 0.15) is 16.1 Å². The Hall–Kier alpha value is -1.95. The SMILES string of the molecule is Cc1nc(NC(=O)c2ccc(N)nc2)ccc1Br. The number of nitrogens with two attached hydrogens (primary N) is 1. The van der Waals surface area contributed by atoms with Gasteiger partial charge in [0.15, 0.2) is 0 Å². The van der Waals surface area contributed by atoms with Crippen LogP contribution in [0.25, 0.3) is 0 Å². The Morgan fingerprint density at radius 3 is 2.72 bits per heavy atom. The molecule has 3 N–H and O–H groups in total. The largest absolute Gasteiger partial charge is 0.384 e. The first-order valence-electron chi connectivity index (χ1n) is 5.22. The van der Waals surface area contributed by atoms with Crippen LogP contribution in [0.3, 0.4) is 0 Å². The zero-order valence-electron chi connectivity index (χ0n) is 9.64. The predicted octanol–water partition coefficient (Wildman–Crippen LogP) is 2.38. The molecule has 0 bridgehead atoms. The second kappa shape index (κ2) is 5.14. The van der Waals surface area contributed by atoms with Crippen molar-refractivity contribution in [2.75, 3.05) is 11.1 Å². The Bertz CT molecular complexity index is 583. The third-order valence-electron chi connectivity index (χ3n) is 2.31. The van der Waals surface area contributed by atoms with Gasteiger partial charge in [-0.05, 0) is 47.1 Å². The molecule has 18 heavy (non-hydrogen) atoms. The van der Waals surface area contributed by atoms with Gasteiger partial charge in [-0.15, -0.1) is 0 Å². The topological polar surface area (TPSA) is 80.9 Å². The number of rotatable bonds is 2. The van der Waals surface area contributed by atoms with E-state index in [2.05, 4.69) is 31.2 Å². The Labute approximate surface area is 113 Å². The zero-order valence-corrected chi connectivity index (χ0v) is 11.2. The molecule has 0 radical (unpaired) electrons. The van der Waals surface area contributed by atoms with Crippen molar-refractivity contribution < 1.29 is 4.79 Å². The van der Waals surface area contributed by atoms with Gasteiger partial charge < -0.3 is 11.1 Å². The summed E-state index contributed by atoms with van der Waals surface area (Å²) in [6.07, 6.45) is 1.43. The fourth-order valence-electron chi connectivity index (χ4n) is 1.34. The molecule has 0 saturated heterocycles. The van der Waals surface area contributed by atoms with Crippen LogP contribution in [0.15, 0.2) is 34.9 Å². The van der Waals surface area contributed by atoms with Crippen molar-refractivity contribution in [1.29, 1.82) is 0 Å². The second-order valence-corrected chi connectivity index (χ2v) is 4.54. The first-order valence-corrected chi connectivity index (χ1v) is 6.01. The molecule has 0 aliphatic carbocycles. The lowest BCUT2D eigenvalue weighted by atomic mass is 10.2. The molecule has 0 saturated carbocycles. The summed E-state index contributed by atoms with van der Waals surface area (Å²) in [5.41, 5.74) is 6.70. The van der Waals surface area contributed by atoms with E-state index < -0.39 is 0 Å². The summed E-state index contributed by atoms with van der Waals surface area (Å²) in [5.74, 6) is 0.610. The molecule has 0 fully saturated rings. The first kappa shape index (κ1) is 12.5. The number of carbonyl (C=O) groups is 1. The van der Waals surface area contributed by atoms with Crippen LogP contribution >= 0.6 is 15.9 Å². The number of carbonyl (C=O) groups excluding carboxylic acids is 1. The van der Waals surface area contributed by atoms with E-state index in [1.54, 1.807) is 18.2 Å². The maximum Gasteiger partial charge on any atom is 0.258 e. The van der Waals surface area contributed by atoms with Crippen LogP contribution in [0.4, 0.5) is 11.6 Å². The van der Waals surface area contributed by atoms with E-state index in [1.807, 2.05) is 13.0 Å². The van der Waals surface area contributed by atoms with Crippen molar-refractivity contribution in [1.82, 2.24) is 9.97 Å². The van der Waals surface area contributed by atoms with Crippen molar-refractivity contribution in [3.63, 3.8) is 0 Å². The van der Waals surface area contributed by atoms with Gasteiger partial charge in [-0.25, -0.2) is 9.97 Å². The molecule has 5 nitrogen and oxygen atoms in total. The van der Waals surface area contributed by atoms with Crippen LogP contribution in [0.5, 0.6) is 0 Å². The highest BCUT2D eigenvalue weighted by molar-refractivity contribution is 9.10. The number of anilines is 2. The average molecular weight is 307 g/mol. The lowest BCUT2D eigenvalue weighted by molar-refractivity contribution is 0.102. The van der Waals surface area contributed by atoms with Crippen LogP contribution in [-0.4, -0.2) is 15.9 Å². The molecule has 0 aliphatic rings. The molecule has 2 heterocycles. The molecule has 0 aromatic carbocycles. The standard InChI is InChI=1S/C12H11BrN4O/c1-7-9(13)3-5-11(16-7)17-12(18)8-2-4-10(14)15-6-8/h2-6H,1H3,(H2,14,15)(H,16,17,18). The van der Waals surface area contributed by atoms with Gasteiger partial charge in [0.1, 0.15) is 11.6 Å². The smallest absolute Gasteiger partial charge is 0.258 e. The summed E-state index contributed by atoms with van der Waals surface area (Å²) in [6.45, 7) is 1.85. The highest BCUT2D eigenvalue weighted by Crippen LogP contribution is 2.16. The van der Waals surface area contributed by atoms with Crippen molar-refractivity contribution in [2.24, 2.45) is 0 Å². The Balaban J connectivity index is 2.16. The Kier molecular flexibility index (Phi) is 3.57. The Morgan fingerprint density at radius 2 is 2.11 bits per heavy atom. The number of hydrogen-bond donors (Lipinski definition) is 2. The number of aromatic nitrogens is 2. The van der Waals surface area contributed by atoms with Gasteiger partial charge in [-0.2, -0.15) is 0 Å². The van der Waals surface area contributed by atoms with Gasteiger partial charge in [-0.1, -0.05) is 0 Å². The minimum Gasteiger partial charge on any atom is -0.384 e. The highest BCUT2D eigenvalue weighted by Gasteiger charge is 2.07. The van der Waals surface area contributed by atoms with Crippen molar-refractivity contribution in [3.8, 4) is 0 Å². The van der Waals surface area contributed by atoms with E-state index in [4.69, 9.17) is 5.73 Å². The molecule has 1 amide bonds. The lowest BCUT2D eigenvalue weighted by Crippen LogP contribution is -2.13. The van der Waals surface area contributed by atoms with Gasteiger partial charge in [0, 0.05) is 10.7 Å². The number of nitrogen functional groups attached to an aromatic ring is 1. The van der Waals surface area contributed by atoms with Gasteiger partial charge in [0.25, 0.3) is 5.91 Å². The monoisotopic (exact) mass is 306 g/mol. The second-order valence-electron chi connectivity index (χ2n) is 3.69. The van der Waals surface area contributed by atoms with Crippen LogP contribution in [0, 0.1) is 6.92 Å². The Morgan fingerprint density at radius 1 is 1.33 bits per heavy atom. The molecule has 0 unspecified atom stereocenters. The minimum absolute atomic E-state index is 0.267. The fourth-order valence-corrected chi connectivity index (χ4v) is 1.56. The predicted molar refractivity (Wildman–Crippen MR) is 73.3 cm³/mol. The normalized spacial score (nSPS) is 10.1. The zero-order chi connectivity index (χ0) is 13.1. The molecule has 6 heteroatoms. The number of pyridine rings is 2. The van der Waals surface area contributed by atoms with Crippen LogP contribution in [0.2, 0.25) is 0 Å². The third kappa shape index (κ3) is 2.84. The van der Waals surface area contributed by atoms with E-state index in [-0.39, 0.29) is 5.91 Å². The number of aryl methyl sites for hydroxylation is 1. The number of nitrogens with zero attached hydrogens (tertiary/aromatic N) is 2. The van der Waals surface area contributed by atoms with E-state index in [9.17, 15) is 4.79 Å². The van der Waals surface area contributed by atoms with Crippen LogP contribution < -0.4 is 11.1 Å². The van der Waals surface area contributed by atoms with Gasteiger partial charge in [0.05, 0.1) is 11.3 Å². The number of nitrogens with one attached hydrogen (secondary N) is 1. The molecule has 92 valence electrons. The molecule has 0 aliphatic heterocycles. The number of halogens is 1. The van der Waals surface area contributed by atoms with Crippen molar-refractivity contribution >= 4 is 33.5 Å². The maximum atomic E-state index is 11.9. The number of amides is 1. The van der Waals surface area contributed by atoms with Crippen molar-refractivity contribution in [3.05, 3.63) is 46.2 Å². The van der Waals surface area contributed by atoms with E-state index >= 15 is 0 Å². The molecule has 0 atom stereocenters. The highest BCUT2D eigenvalue weighted by atomic mass is 79.9. The first-order chi connectivity index (χ1) is 8.56. The summed E-state index contributed by atoms with van der Waals surface area (Å²) in [5, 5.41) is 2.69. The summed E-state index contributed by atoms with van der Waals surface area (Å²) in [6, 6.07) is 6.75. The van der Waals surface area contributed by atoms with Crippen molar-refractivity contribution in [2.45, 2.75) is 6.92 Å². The summed E-state index contributed by atoms with van der Waals surface area (Å²) >= 11 is 3.35. The number of hydrogen-bond acceptors (Lipinski definition) is 4. The van der Waals surface area contributed by atoms with Gasteiger partial charge >= 0.3 is 0 Å². The summed E-state index contributed by atoms with van der Waals surface area (Å²) in [4.78, 5) is 20.0. The molecule has 2 aromatic heterocycles. The van der Waals surface area contributed by atoms with Gasteiger partial charge in [0.2, 0.25) is 0 Å². The van der Waals surface area contributed by atoms with Crippen LogP contribution in [-0.2, 0) is 0 Å². The molecule has 2 aromatic rings. The fraction of sp³-hybridized carbons (Fsp3) is 0.0833. The molecular formula is C12H11BrN4O. The summed E-state index contributed by atoms with van der Waals surface area (Å²) < 4.78 is 0.898. The maximum absolute atomic E-state index is 11.9. The van der Waals surface area contributed by atoms with E-state index in [0.29, 0.717) is 17.2 Å². The lowest BCUT2D eigenvalue weighted by Gasteiger charge is -2.06. The average Bonchev–Trinajstić information content (AvgIpc) is 2.34. The third-order valence-corrected chi connectivity index (χ3v) is 3.15. The molecular weight excluding hydrogens is 296 g/mol.